The van der Waals surface area contributed by atoms with Crippen molar-refractivity contribution < 1.29 is 29.6 Å². The molecule has 35 heavy (non-hydrogen) atoms. The van der Waals surface area contributed by atoms with E-state index in [1.165, 1.54) is 20.1 Å². The van der Waals surface area contributed by atoms with Crippen LogP contribution in [-0.2, 0) is 22.6 Å². The number of aromatic hydroxyl groups is 1. The number of carbonyl (C=O) groups excluding carboxylic acids is 1. The van der Waals surface area contributed by atoms with Gasteiger partial charge < -0.3 is 35.8 Å². The molecule has 0 saturated heterocycles. The molecule has 194 valence electrons. The molecule has 0 bridgehead atoms. The topological polar surface area (TPSA) is 147 Å². The number of ether oxygens (including phenoxy) is 2. The molecule has 9 nitrogen and oxygen atoms in total. The lowest BCUT2D eigenvalue weighted by Gasteiger charge is -2.33. The number of aliphatic hydroxyl groups excluding tert-OH is 2. The zero-order valence-corrected chi connectivity index (χ0v) is 21.1. The predicted molar refractivity (Wildman–Crippen MR) is 134 cm³/mol. The Hall–Kier alpha value is -2.96. The Kier molecular flexibility index (Phi) is 10.7. The number of guanidine groups is 1. The molecule has 1 aliphatic carbocycles. The van der Waals surface area contributed by atoms with Crippen molar-refractivity contribution in [3.05, 3.63) is 23.3 Å². The second kappa shape index (κ2) is 13.2. The average molecular weight is 490 g/mol. The van der Waals surface area contributed by atoms with Crippen LogP contribution in [0.5, 0.6) is 11.5 Å². The van der Waals surface area contributed by atoms with E-state index in [0.717, 1.165) is 12.0 Å². The number of nitrogens with one attached hydrogen (secondary N) is 1. The van der Waals surface area contributed by atoms with Crippen LogP contribution in [-0.4, -0.2) is 60.2 Å². The molecule has 2 rings (SSSR count). The van der Waals surface area contributed by atoms with Gasteiger partial charge in [-0.05, 0) is 48.9 Å². The van der Waals surface area contributed by atoms with Crippen LogP contribution in [0, 0.1) is 23.2 Å². The molecule has 9 heteroatoms. The van der Waals surface area contributed by atoms with Gasteiger partial charge in [-0.2, -0.15) is 0 Å². The third-order valence-electron chi connectivity index (χ3n) is 6.70. The Morgan fingerprint density at radius 3 is 2.71 bits per heavy atom. The number of phenols is 1. The first kappa shape index (κ1) is 28.3. The number of aliphatic imine (C=N–C) groups is 1. The van der Waals surface area contributed by atoms with Crippen molar-refractivity contribution in [2.45, 2.75) is 71.2 Å². The van der Waals surface area contributed by atoms with E-state index in [4.69, 9.17) is 15.2 Å². The summed E-state index contributed by atoms with van der Waals surface area (Å²) in [6.07, 6.45) is 1.78. The number of methoxy groups -OCH3 is 1. The lowest BCUT2D eigenvalue weighted by Crippen LogP contribution is -2.41. The highest BCUT2D eigenvalue weighted by molar-refractivity contribution is 5.77. The van der Waals surface area contributed by atoms with Crippen molar-refractivity contribution in [3.63, 3.8) is 0 Å². The summed E-state index contributed by atoms with van der Waals surface area (Å²) in [5.74, 6) is 6.62. The molecule has 0 unspecified atom stereocenters. The molecule has 6 N–H and O–H groups in total. The summed E-state index contributed by atoms with van der Waals surface area (Å²) in [6, 6.07) is 3.16. The number of phenolic OH excluding ortho intramolecular Hbond substituents is 1. The Bertz CT molecular complexity index is 954. The fourth-order valence-electron chi connectivity index (χ4n) is 4.44. The van der Waals surface area contributed by atoms with Crippen LogP contribution in [0.3, 0.4) is 0 Å². The fourth-order valence-corrected chi connectivity index (χ4v) is 4.44. The lowest BCUT2D eigenvalue weighted by atomic mass is 9.77. The highest BCUT2D eigenvalue weighted by atomic mass is 16.5. The van der Waals surface area contributed by atoms with Crippen LogP contribution >= 0.6 is 0 Å². The molecule has 1 aromatic rings. The van der Waals surface area contributed by atoms with Crippen LogP contribution in [0.1, 0.15) is 57.1 Å². The summed E-state index contributed by atoms with van der Waals surface area (Å²) in [4.78, 5) is 15.8. The second-order valence-corrected chi connectivity index (χ2v) is 9.09. The first-order valence-corrected chi connectivity index (χ1v) is 12.0. The van der Waals surface area contributed by atoms with Gasteiger partial charge in [-0.25, -0.2) is 0 Å². The monoisotopic (exact) mass is 489 g/mol. The SMILES string of the molecule is CC[C@@]1(CNC(N)=NC)C#CC[C@H](Cc2cc(OC)c(O)cc2CO)[C@@H](OC(C)=O)C[C@@H](O)CC1. The van der Waals surface area contributed by atoms with E-state index >= 15 is 0 Å². The molecule has 4 atom stereocenters. The number of esters is 1. The highest BCUT2D eigenvalue weighted by Gasteiger charge is 2.32. The highest BCUT2D eigenvalue weighted by Crippen LogP contribution is 2.34. The van der Waals surface area contributed by atoms with Crippen molar-refractivity contribution in [2.75, 3.05) is 20.7 Å². The molecule has 0 radical (unpaired) electrons. The largest absolute Gasteiger partial charge is 0.504 e. The van der Waals surface area contributed by atoms with E-state index in [0.29, 0.717) is 49.5 Å². The fraction of sp³-hybridized carbons (Fsp3) is 0.615. The summed E-state index contributed by atoms with van der Waals surface area (Å²) >= 11 is 0. The van der Waals surface area contributed by atoms with E-state index < -0.39 is 23.6 Å². The standard InChI is InChI=1S/C26H39N3O6/c1-5-26(16-29-25(27)28-3)9-6-7-18(23(35-17(2)31)14-21(32)8-10-26)11-19-13-24(34-4)22(33)12-20(19)15-30/h12-13,18,21,23,30,32-33H,5,7-8,10-11,14-16H2,1-4H3,(H3,27,28,29)/t18-,21+,23+,26-/m1/s1. The van der Waals surface area contributed by atoms with Gasteiger partial charge in [0.1, 0.15) is 6.10 Å². The minimum Gasteiger partial charge on any atom is -0.504 e. The Labute approximate surface area is 207 Å². The van der Waals surface area contributed by atoms with Gasteiger partial charge in [-0.3, -0.25) is 9.79 Å². The van der Waals surface area contributed by atoms with Gasteiger partial charge in [0.15, 0.2) is 17.5 Å². The van der Waals surface area contributed by atoms with Crippen LogP contribution in [0.4, 0.5) is 0 Å². The van der Waals surface area contributed by atoms with E-state index in [9.17, 15) is 20.1 Å². The van der Waals surface area contributed by atoms with E-state index in [-0.39, 0.29) is 24.7 Å². The minimum absolute atomic E-state index is 0.0619. The molecule has 0 amide bonds. The Balaban J connectivity index is 2.45. The zero-order chi connectivity index (χ0) is 26.0. The van der Waals surface area contributed by atoms with Crippen molar-refractivity contribution in [1.29, 1.82) is 0 Å². The Morgan fingerprint density at radius 1 is 1.37 bits per heavy atom. The average Bonchev–Trinajstić information content (AvgIpc) is 2.84. The number of benzene rings is 1. The first-order valence-electron chi connectivity index (χ1n) is 12.0. The molecule has 0 aromatic heterocycles. The van der Waals surface area contributed by atoms with Crippen LogP contribution < -0.4 is 15.8 Å². The number of hydrogen-bond acceptors (Lipinski definition) is 7. The number of rotatable bonds is 8. The number of aliphatic hydroxyl groups is 2. The van der Waals surface area contributed by atoms with Crippen molar-refractivity contribution >= 4 is 11.9 Å². The van der Waals surface area contributed by atoms with Crippen molar-refractivity contribution in [1.82, 2.24) is 5.32 Å². The summed E-state index contributed by atoms with van der Waals surface area (Å²) in [5.41, 5.74) is 6.75. The summed E-state index contributed by atoms with van der Waals surface area (Å²) in [7, 11) is 3.07. The van der Waals surface area contributed by atoms with Gasteiger partial charge in [0.25, 0.3) is 0 Å². The van der Waals surface area contributed by atoms with Crippen molar-refractivity contribution in [2.24, 2.45) is 22.1 Å². The van der Waals surface area contributed by atoms with Gasteiger partial charge in [0.05, 0.1) is 19.8 Å². The van der Waals surface area contributed by atoms with Gasteiger partial charge in [0, 0.05) is 44.7 Å². The Morgan fingerprint density at radius 2 is 2.11 bits per heavy atom. The molecule has 0 saturated carbocycles. The third-order valence-corrected chi connectivity index (χ3v) is 6.70. The maximum absolute atomic E-state index is 11.9. The second-order valence-electron chi connectivity index (χ2n) is 9.09. The van der Waals surface area contributed by atoms with Crippen LogP contribution in [0.15, 0.2) is 17.1 Å². The maximum Gasteiger partial charge on any atom is 0.302 e. The zero-order valence-electron chi connectivity index (χ0n) is 21.1. The number of nitrogens with zero attached hydrogens (tertiary/aromatic N) is 1. The molecule has 0 heterocycles. The van der Waals surface area contributed by atoms with Gasteiger partial charge >= 0.3 is 5.97 Å². The predicted octanol–water partition coefficient (Wildman–Crippen LogP) is 1.85. The molecular formula is C26H39N3O6. The number of hydrogen-bond donors (Lipinski definition) is 5. The van der Waals surface area contributed by atoms with Gasteiger partial charge in [-0.15, -0.1) is 5.92 Å². The van der Waals surface area contributed by atoms with E-state index in [2.05, 4.69) is 29.1 Å². The molecule has 1 aromatic carbocycles. The number of carbonyl (C=O) groups is 1. The summed E-state index contributed by atoms with van der Waals surface area (Å²) < 4.78 is 10.9. The van der Waals surface area contributed by atoms with E-state index in [1.807, 2.05) is 0 Å². The molecule has 1 aliphatic rings. The smallest absolute Gasteiger partial charge is 0.302 e. The maximum atomic E-state index is 11.9. The quantitative estimate of drug-likeness (QED) is 0.161. The molecule has 0 fully saturated rings. The van der Waals surface area contributed by atoms with Crippen LogP contribution in [0.2, 0.25) is 0 Å². The van der Waals surface area contributed by atoms with Crippen molar-refractivity contribution in [3.8, 4) is 23.3 Å². The number of nitrogens with two attached hydrogens (primary N) is 1. The summed E-state index contributed by atoms with van der Waals surface area (Å²) in [5, 5.41) is 34.0. The normalized spacial score (nSPS) is 25.2. The molecule has 0 spiro atoms. The molecule has 0 aliphatic heterocycles. The first-order chi connectivity index (χ1) is 16.7. The van der Waals surface area contributed by atoms with Gasteiger partial charge in [-0.1, -0.05) is 12.8 Å². The van der Waals surface area contributed by atoms with Gasteiger partial charge in [0.2, 0.25) is 0 Å². The van der Waals surface area contributed by atoms with Crippen LogP contribution in [0.25, 0.3) is 0 Å². The lowest BCUT2D eigenvalue weighted by molar-refractivity contribution is -0.151. The molecular weight excluding hydrogens is 450 g/mol. The minimum atomic E-state index is -0.684. The van der Waals surface area contributed by atoms with E-state index in [1.54, 1.807) is 13.1 Å². The third kappa shape index (κ3) is 8.05. The summed E-state index contributed by atoms with van der Waals surface area (Å²) in [6.45, 7) is 3.65.